The molecule has 0 aliphatic carbocycles. The van der Waals surface area contributed by atoms with Crippen LogP contribution in [0.25, 0.3) is 66.1 Å². The summed E-state index contributed by atoms with van der Waals surface area (Å²) in [6.45, 7) is 0. The highest BCUT2D eigenvalue weighted by Gasteiger charge is 2.22. The van der Waals surface area contributed by atoms with E-state index in [4.69, 9.17) is 0 Å². The minimum Gasteiger partial charge on any atom is -0.309 e. The lowest BCUT2D eigenvalue weighted by Gasteiger charge is -2.15. The molecule has 0 atom stereocenters. The minimum atomic E-state index is 0.590. The van der Waals surface area contributed by atoms with Crippen LogP contribution in [-0.4, -0.2) is 9.13 Å². The van der Waals surface area contributed by atoms with Crippen molar-refractivity contribution in [2.24, 2.45) is 0 Å². The molecule has 0 bridgehead atoms. The van der Waals surface area contributed by atoms with Gasteiger partial charge in [-0.25, -0.2) is 0 Å². The Bertz CT molecular complexity index is 2430. The fourth-order valence-electron chi connectivity index (χ4n) is 6.45. The van der Waals surface area contributed by atoms with Gasteiger partial charge in [-0.3, -0.25) is 0 Å². The second-order valence-electron chi connectivity index (χ2n) is 10.4. The van der Waals surface area contributed by atoms with Crippen LogP contribution in [0.4, 0.5) is 0 Å². The lowest BCUT2D eigenvalue weighted by molar-refractivity contribution is 1.16. The molecular weight excluding hydrogens is 512 g/mol. The predicted octanol–water partition coefficient (Wildman–Crippen LogP) is 9.29. The molecule has 194 valence electrons. The summed E-state index contributed by atoms with van der Waals surface area (Å²) in [7, 11) is 0. The maximum Gasteiger partial charge on any atom is 0.101 e. The van der Waals surface area contributed by atoms with E-state index in [9.17, 15) is 10.5 Å². The Morgan fingerprint density at radius 3 is 1.83 bits per heavy atom. The van der Waals surface area contributed by atoms with Crippen LogP contribution in [0, 0.1) is 22.7 Å². The summed E-state index contributed by atoms with van der Waals surface area (Å²) in [5.74, 6) is 0. The van der Waals surface area contributed by atoms with Crippen molar-refractivity contribution < 1.29 is 0 Å². The van der Waals surface area contributed by atoms with E-state index in [1.54, 1.807) is 0 Å². The number of para-hydroxylation sites is 5. The van der Waals surface area contributed by atoms with Crippen molar-refractivity contribution >= 4 is 43.6 Å². The number of fused-ring (bicyclic) bond motifs is 6. The molecule has 0 N–H and O–H groups in total. The second-order valence-corrected chi connectivity index (χ2v) is 10.4. The van der Waals surface area contributed by atoms with Gasteiger partial charge in [-0.05, 0) is 48.5 Å². The first kappa shape index (κ1) is 23.8. The Balaban J connectivity index is 1.58. The van der Waals surface area contributed by atoms with Crippen molar-refractivity contribution in [2.45, 2.75) is 0 Å². The lowest BCUT2D eigenvalue weighted by Crippen LogP contribution is -1.99. The van der Waals surface area contributed by atoms with Gasteiger partial charge < -0.3 is 9.13 Å². The second kappa shape index (κ2) is 9.24. The summed E-state index contributed by atoms with van der Waals surface area (Å²) < 4.78 is 4.54. The Kier molecular flexibility index (Phi) is 5.22. The van der Waals surface area contributed by atoms with Crippen LogP contribution in [0.5, 0.6) is 0 Å². The number of hydrogen-bond donors (Lipinski definition) is 0. The lowest BCUT2D eigenvalue weighted by atomic mass is 9.98. The molecule has 0 spiro atoms. The highest BCUT2D eigenvalue weighted by atomic mass is 15.0. The molecule has 4 nitrogen and oxygen atoms in total. The fourth-order valence-corrected chi connectivity index (χ4v) is 6.45. The van der Waals surface area contributed by atoms with E-state index < -0.39 is 0 Å². The third-order valence-corrected chi connectivity index (χ3v) is 8.18. The zero-order valence-electron chi connectivity index (χ0n) is 22.5. The zero-order valence-corrected chi connectivity index (χ0v) is 22.5. The average molecular weight is 535 g/mol. The van der Waals surface area contributed by atoms with Gasteiger partial charge in [0.25, 0.3) is 0 Å². The van der Waals surface area contributed by atoms with E-state index in [1.165, 1.54) is 10.8 Å². The van der Waals surface area contributed by atoms with E-state index in [2.05, 4.69) is 106 Å². The van der Waals surface area contributed by atoms with Gasteiger partial charge in [0.15, 0.2) is 0 Å². The van der Waals surface area contributed by atoms with Crippen molar-refractivity contribution in [1.82, 2.24) is 9.13 Å². The van der Waals surface area contributed by atoms with Gasteiger partial charge in [0.1, 0.15) is 6.07 Å². The molecule has 0 saturated carbocycles. The Labute approximate surface area is 242 Å². The van der Waals surface area contributed by atoms with Crippen LogP contribution in [-0.2, 0) is 0 Å². The topological polar surface area (TPSA) is 57.4 Å². The van der Waals surface area contributed by atoms with Gasteiger partial charge >= 0.3 is 0 Å². The summed E-state index contributed by atoms with van der Waals surface area (Å²) in [5.41, 5.74) is 9.48. The third-order valence-electron chi connectivity index (χ3n) is 8.18. The highest BCUT2D eigenvalue weighted by molar-refractivity contribution is 6.19. The molecule has 0 radical (unpaired) electrons. The quantitative estimate of drug-likeness (QED) is 0.227. The summed E-state index contributed by atoms with van der Waals surface area (Å²) in [6.07, 6.45) is 0. The number of aromatic nitrogens is 2. The first-order chi connectivity index (χ1) is 20.8. The maximum absolute atomic E-state index is 10.1. The van der Waals surface area contributed by atoms with Crippen molar-refractivity contribution in [2.75, 3.05) is 0 Å². The summed E-state index contributed by atoms with van der Waals surface area (Å²) in [4.78, 5) is 0. The smallest absolute Gasteiger partial charge is 0.101 e. The van der Waals surface area contributed by atoms with Crippen molar-refractivity contribution in [3.8, 4) is 34.6 Å². The molecule has 8 rings (SSSR count). The van der Waals surface area contributed by atoms with Crippen LogP contribution in [0.1, 0.15) is 11.1 Å². The molecule has 0 amide bonds. The highest BCUT2D eigenvalue weighted by Crippen LogP contribution is 2.43. The molecule has 2 heterocycles. The SMILES string of the molecule is N#Cc1ccc2c(c1)c1cccc(-c3cccc4c5ccccc5n(-c5ccccc5)c34)c1n2-c1ccccc1C#N. The Morgan fingerprint density at radius 1 is 0.452 bits per heavy atom. The van der Waals surface area contributed by atoms with Crippen LogP contribution < -0.4 is 0 Å². The van der Waals surface area contributed by atoms with Gasteiger partial charge in [0.2, 0.25) is 0 Å². The fraction of sp³-hybridized carbons (Fsp3) is 0. The number of nitriles is 2. The van der Waals surface area contributed by atoms with E-state index in [1.807, 2.05) is 48.5 Å². The van der Waals surface area contributed by atoms with E-state index in [0.717, 1.165) is 55.3 Å². The Morgan fingerprint density at radius 2 is 1.07 bits per heavy atom. The molecule has 0 aliphatic heterocycles. The van der Waals surface area contributed by atoms with Crippen LogP contribution in [0.15, 0.2) is 133 Å². The molecule has 0 saturated heterocycles. The van der Waals surface area contributed by atoms with Gasteiger partial charge in [-0.15, -0.1) is 0 Å². The molecule has 2 aromatic heterocycles. The number of hydrogen-bond acceptors (Lipinski definition) is 2. The van der Waals surface area contributed by atoms with Crippen molar-refractivity contribution in [3.63, 3.8) is 0 Å². The molecular formula is C38H22N4. The minimum absolute atomic E-state index is 0.590. The van der Waals surface area contributed by atoms with E-state index in [0.29, 0.717) is 11.1 Å². The van der Waals surface area contributed by atoms with Gasteiger partial charge in [0.05, 0.1) is 45.0 Å². The monoisotopic (exact) mass is 534 g/mol. The first-order valence-corrected chi connectivity index (χ1v) is 13.8. The average Bonchev–Trinajstić information content (AvgIpc) is 3.58. The summed E-state index contributed by atoms with van der Waals surface area (Å²) >= 11 is 0. The van der Waals surface area contributed by atoms with Gasteiger partial charge in [0, 0.05) is 38.4 Å². The van der Waals surface area contributed by atoms with Crippen molar-refractivity contribution in [3.05, 3.63) is 145 Å². The molecule has 0 unspecified atom stereocenters. The molecule has 42 heavy (non-hydrogen) atoms. The molecule has 4 heteroatoms. The summed E-state index contributed by atoms with van der Waals surface area (Å²) in [5, 5.41) is 24.2. The van der Waals surface area contributed by atoms with Crippen LogP contribution in [0.3, 0.4) is 0 Å². The first-order valence-electron chi connectivity index (χ1n) is 13.8. The molecule has 6 aromatic carbocycles. The van der Waals surface area contributed by atoms with E-state index >= 15 is 0 Å². The number of rotatable bonds is 3. The third kappa shape index (κ3) is 3.33. The van der Waals surface area contributed by atoms with Gasteiger partial charge in [-0.2, -0.15) is 10.5 Å². The standard InChI is InChI=1S/C38H22N4/c39-23-25-20-21-36-33(22-25)32-17-9-16-31(38(32)42(36)34-18-6-4-10-26(34)24-40)30-15-8-14-29-28-13-5-7-19-35(28)41(37(29)30)27-11-2-1-3-12-27/h1-22H. The number of nitrogens with zero attached hydrogens (tertiary/aromatic N) is 4. The van der Waals surface area contributed by atoms with Crippen LogP contribution >= 0.6 is 0 Å². The number of benzene rings is 6. The van der Waals surface area contributed by atoms with Crippen LogP contribution in [0.2, 0.25) is 0 Å². The summed E-state index contributed by atoms with van der Waals surface area (Å²) in [6, 6.07) is 50.1. The van der Waals surface area contributed by atoms with E-state index in [-0.39, 0.29) is 0 Å². The van der Waals surface area contributed by atoms with Gasteiger partial charge in [-0.1, -0.05) is 84.9 Å². The normalized spacial score (nSPS) is 11.3. The zero-order chi connectivity index (χ0) is 28.2. The maximum atomic E-state index is 10.1. The largest absolute Gasteiger partial charge is 0.309 e. The Hall–Kier alpha value is -6.10. The molecule has 0 fully saturated rings. The molecule has 8 aromatic rings. The van der Waals surface area contributed by atoms with Crippen molar-refractivity contribution in [1.29, 1.82) is 10.5 Å². The molecule has 0 aliphatic rings. The predicted molar refractivity (Wildman–Crippen MR) is 170 cm³/mol.